The van der Waals surface area contributed by atoms with Gasteiger partial charge < -0.3 is 18.9 Å². The van der Waals surface area contributed by atoms with E-state index >= 15 is 0 Å². The van der Waals surface area contributed by atoms with Crippen LogP contribution in [-0.4, -0.2) is 43.3 Å². The van der Waals surface area contributed by atoms with Crippen LogP contribution in [0.15, 0.2) is 41.3 Å². The van der Waals surface area contributed by atoms with Gasteiger partial charge in [-0.25, -0.2) is 0 Å². The molecule has 0 aliphatic heterocycles. The molecule has 0 aliphatic carbocycles. The highest BCUT2D eigenvalue weighted by Gasteiger charge is 2.10. The summed E-state index contributed by atoms with van der Waals surface area (Å²) < 4.78 is 14.0. The van der Waals surface area contributed by atoms with Crippen LogP contribution in [0.1, 0.15) is 133 Å². The molecule has 254 valence electrons. The summed E-state index contributed by atoms with van der Waals surface area (Å²) in [4.78, 5) is 15.0. The average Bonchev–Trinajstić information content (AvgIpc) is 2.97. The smallest absolute Gasteiger partial charge is 0.223 e. The Bertz CT molecular complexity index is 995. The second-order valence-corrected chi connectivity index (χ2v) is 12.5. The molecular formula is C37H64Cl2N2O3. The lowest BCUT2D eigenvalue weighted by Crippen LogP contribution is -2.18. The van der Waals surface area contributed by atoms with Crippen molar-refractivity contribution in [2.75, 3.05) is 33.9 Å². The minimum Gasteiger partial charge on any atom is -0.488 e. The predicted molar refractivity (Wildman–Crippen MR) is 193 cm³/mol. The van der Waals surface area contributed by atoms with Gasteiger partial charge in [0.2, 0.25) is 5.43 Å². The van der Waals surface area contributed by atoms with E-state index in [0.29, 0.717) is 32.1 Å². The molecule has 44 heavy (non-hydrogen) atoms. The van der Waals surface area contributed by atoms with E-state index in [9.17, 15) is 4.79 Å². The number of halogens is 2. The van der Waals surface area contributed by atoms with Crippen molar-refractivity contribution in [3.63, 3.8) is 0 Å². The van der Waals surface area contributed by atoms with E-state index in [1.165, 1.54) is 101 Å². The number of rotatable bonds is 26. The van der Waals surface area contributed by atoms with Crippen molar-refractivity contribution in [3.05, 3.63) is 63.6 Å². The van der Waals surface area contributed by atoms with Gasteiger partial charge in [-0.2, -0.15) is 0 Å². The van der Waals surface area contributed by atoms with Gasteiger partial charge in [-0.1, -0.05) is 133 Å². The molecule has 1 heterocycles. The number of aromatic nitrogens is 1. The fourth-order valence-corrected chi connectivity index (χ4v) is 5.36. The highest BCUT2D eigenvalue weighted by atomic mass is 35.5. The maximum absolute atomic E-state index is 12.9. The molecule has 0 atom stereocenters. The Labute approximate surface area is 282 Å². The van der Waals surface area contributed by atoms with E-state index in [1.54, 1.807) is 6.07 Å². The fraction of sp³-hybridized carbons (Fsp3) is 0.703. The molecule has 0 radical (unpaired) electrons. The van der Waals surface area contributed by atoms with Crippen LogP contribution in [0.4, 0.5) is 0 Å². The monoisotopic (exact) mass is 654 g/mol. The normalized spacial score (nSPS) is 10.9. The van der Waals surface area contributed by atoms with Crippen LogP contribution in [0.5, 0.6) is 5.75 Å². The molecule has 2 aromatic rings. The fourth-order valence-electron chi connectivity index (χ4n) is 5.36. The Hall–Kier alpha value is -1.53. The van der Waals surface area contributed by atoms with Crippen molar-refractivity contribution >= 4 is 24.8 Å². The third-order valence-corrected chi connectivity index (χ3v) is 8.06. The van der Waals surface area contributed by atoms with Crippen LogP contribution in [0.25, 0.3) is 0 Å². The molecule has 0 N–H and O–H groups in total. The lowest BCUT2D eigenvalue weighted by molar-refractivity contribution is 0.108. The van der Waals surface area contributed by atoms with E-state index in [1.807, 2.05) is 6.20 Å². The Kier molecular flexibility index (Phi) is 26.8. The van der Waals surface area contributed by atoms with Crippen molar-refractivity contribution in [3.8, 4) is 5.75 Å². The van der Waals surface area contributed by atoms with Crippen molar-refractivity contribution in [2.45, 2.75) is 136 Å². The molecule has 0 fully saturated rings. The van der Waals surface area contributed by atoms with Crippen molar-refractivity contribution < 1.29 is 9.47 Å². The zero-order chi connectivity index (χ0) is 30.3. The maximum atomic E-state index is 12.9. The first-order valence-electron chi connectivity index (χ1n) is 17.1. The van der Waals surface area contributed by atoms with Gasteiger partial charge in [0.05, 0.1) is 19.4 Å². The van der Waals surface area contributed by atoms with Crippen molar-refractivity contribution in [2.24, 2.45) is 0 Å². The maximum Gasteiger partial charge on any atom is 0.223 e. The minimum atomic E-state index is -0.0569. The first-order valence-corrected chi connectivity index (χ1v) is 17.1. The molecule has 0 bridgehead atoms. The first-order chi connectivity index (χ1) is 20.5. The van der Waals surface area contributed by atoms with Crippen LogP contribution < -0.4 is 10.2 Å². The summed E-state index contributed by atoms with van der Waals surface area (Å²) in [5, 5.41) is 0. The van der Waals surface area contributed by atoms with Crippen molar-refractivity contribution in [1.82, 2.24) is 9.47 Å². The Morgan fingerprint density at radius 2 is 1.23 bits per heavy atom. The highest BCUT2D eigenvalue weighted by Crippen LogP contribution is 2.16. The number of unbranched alkanes of at least 4 members (excludes halogenated alkanes) is 15. The lowest BCUT2D eigenvalue weighted by Gasteiger charge is -2.17. The number of hydrogen-bond acceptors (Lipinski definition) is 4. The molecule has 1 aromatic carbocycles. The predicted octanol–water partition coefficient (Wildman–Crippen LogP) is 10.2. The zero-order valence-electron chi connectivity index (χ0n) is 28.5. The number of nitrogens with zero attached hydrogens (tertiary/aromatic N) is 2. The molecule has 0 unspecified atom stereocenters. The van der Waals surface area contributed by atoms with Crippen LogP contribution in [0.3, 0.4) is 0 Å². The summed E-state index contributed by atoms with van der Waals surface area (Å²) in [7, 11) is 4.13. The highest BCUT2D eigenvalue weighted by molar-refractivity contribution is 5.85. The van der Waals surface area contributed by atoms with Gasteiger partial charge in [0.25, 0.3) is 0 Å². The standard InChI is InChI=1S/C37H62N2O3.2ClH/c1-5-6-7-8-9-10-11-12-13-14-15-16-17-18-19-20-28-42-37-31-39(30-34-24-22-33(2)23-25-34)35(29-36(37)40)32-41-27-21-26-38(3)4;;/h22-25,29,31H,5-21,26-28,30,32H2,1-4H3;2*1H. The largest absolute Gasteiger partial charge is 0.488 e. The van der Waals surface area contributed by atoms with Crippen LogP contribution in [0, 0.1) is 6.92 Å². The Morgan fingerprint density at radius 3 is 1.75 bits per heavy atom. The second-order valence-electron chi connectivity index (χ2n) is 12.5. The number of ether oxygens (including phenoxy) is 2. The molecule has 0 spiro atoms. The summed E-state index contributed by atoms with van der Waals surface area (Å²) in [6.07, 6.45) is 24.4. The van der Waals surface area contributed by atoms with Gasteiger partial charge in [0.15, 0.2) is 5.75 Å². The summed E-state index contributed by atoms with van der Waals surface area (Å²) in [6.45, 7) is 7.75. The molecule has 0 amide bonds. The number of aryl methyl sites for hydroxylation is 1. The van der Waals surface area contributed by atoms with Gasteiger partial charge in [0.1, 0.15) is 0 Å². The molecule has 0 saturated heterocycles. The Balaban J connectivity index is 0.00000924. The van der Waals surface area contributed by atoms with E-state index in [-0.39, 0.29) is 30.2 Å². The van der Waals surface area contributed by atoms with Crippen LogP contribution in [0.2, 0.25) is 0 Å². The summed E-state index contributed by atoms with van der Waals surface area (Å²) in [5.41, 5.74) is 3.27. The summed E-state index contributed by atoms with van der Waals surface area (Å²) in [5.74, 6) is 0.444. The van der Waals surface area contributed by atoms with E-state index in [4.69, 9.17) is 9.47 Å². The quantitative estimate of drug-likeness (QED) is 0.0947. The van der Waals surface area contributed by atoms with Gasteiger partial charge in [-0.3, -0.25) is 4.79 Å². The molecule has 0 saturated carbocycles. The molecule has 7 heteroatoms. The van der Waals surface area contributed by atoms with Gasteiger partial charge in [0, 0.05) is 24.9 Å². The van der Waals surface area contributed by atoms with Gasteiger partial charge in [-0.05, 0) is 46.0 Å². The van der Waals surface area contributed by atoms with Crippen molar-refractivity contribution in [1.29, 1.82) is 0 Å². The van der Waals surface area contributed by atoms with Gasteiger partial charge >= 0.3 is 0 Å². The summed E-state index contributed by atoms with van der Waals surface area (Å²) in [6, 6.07) is 10.2. The number of benzene rings is 1. The van der Waals surface area contributed by atoms with Gasteiger partial charge in [-0.15, -0.1) is 24.8 Å². The lowest BCUT2D eigenvalue weighted by atomic mass is 10.0. The van der Waals surface area contributed by atoms with E-state index in [2.05, 4.69) is 61.7 Å². The molecular weight excluding hydrogens is 591 g/mol. The zero-order valence-corrected chi connectivity index (χ0v) is 30.1. The van der Waals surface area contributed by atoms with Crippen LogP contribution in [-0.2, 0) is 17.9 Å². The second kappa shape index (κ2) is 27.8. The van der Waals surface area contributed by atoms with E-state index < -0.39 is 0 Å². The topological polar surface area (TPSA) is 43.7 Å². The average molecular weight is 656 g/mol. The third-order valence-electron chi connectivity index (χ3n) is 8.06. The first kappa shape index (κ1) is 42.5. The summed E-state index contributed by atoms with van der Waals surface area (Å²) >= 11 is 0. The van der Waals surface area contributed by atoms with E-state index in [0.717, 1.165) is 31.5 Å². The molecule has 2 rings (SSSR count). The SMILES string of the molecule is CCCCCCCCCCCCCCCCCCOc1cn(Cc2ccc(C)cc2)c(COCCCN(C)C)cc1=O.Cl.Cl. The molecule has 1 aromatic heterocycles. The van der Waals surface area contributed by atoms with Crippen LogP contribution >= 0.6 is 24.8 Å². The molecule has 0 aliphatic rings. The number of hydrogen-bond donors (Lipinski definition) is 0. The number of pyridine rings is 1. The Morgan fingerprint density at radius 1 is 0.705 bits per heavy atom. The minimum absolute atomic E-state index is 0. The molecule has 5 nitrogen and oxygen atoms in total. The third kappa shape index (κ3) is 20.5.